The first kappa shape index (κ1) is 12.4. The molecule has 1 atom stereocenters. The van der Waals surface area contributed by atoms with Gasteiger partial charge in [-0.25, -0.2) is 4.79 Å². The molecule has 2 aliphatic rings. The normalized spacial score (nSPS) is 23.1. The lowest BCUT2D eigenvalue weighted by Gasteiger charge is -2.00. The monoisotopic (exact) mass is 263 g/mol. The zero-order valence-corrected chi connectivity index (χ0v) is 10.9. The highest BCUT2D eigenvalue weighted by Crippen LogP contribution is 2.42. The van der Waals surface area contributed by atoms with Crippen LogP contribution >= 0.6 is 0 Å². The van der Waals surface area contributed by atoms with E-state index in [-0.39, 0.29) is 5.97 Å². The maximum Gasteiger partial charge on any atom is 0.343 e. The molecule has 0 N–H and O–H groups in total. The van der Waals surface area contributed by atoms with Crippen molar-refractivity contribution in [1.29, 1.82) is 0 Å². The third kappa shape index (κ3) is 2.56. The molecule has 0 spiro atoms. The third-order valence-corrected chi connectivity index (χ3v) is 3.58. The van der Waals surface area contributed by atoms with Crippen LogP contribution in [0.3, 0.4) is 0 Å². The number of aromatic nitrogens is 1. The Labute approximate surface area is 111 Å². The first-order chi connectivity index (χ1) is 9.29. The fourth-order valence-electron chi connectivity index (χ4n) is 2.30. The number of methoxy groups -OCH3 is 1. The van der Waals surface area contributed by atoms with Crippen molar-refractivity contribution in [2.45, 2.75) is 25.2 Å². The molecule has 0 aromatic carbocycles. The van der Waals surface area contributed by atoms with E-state index in [1.54, 1.807) is 0 Å². The number of ether oxygens (including phenoxy) is 2. The SMILES string of the molecule is COC(=O)c1c(C2CC2)noc1/C=C/C1CCOC1. The van der Waals surface area contributed by atoms with Crippen LogP contribution in [-0.4, -0.2) is 31.4 Å². The number of nitrogens with zero attached hydrogens (tertiary/aromatic N) is 1. The number of carbonyl (C=O) groups is 1. The van der Waals surface area contributed by atoms with Gasteiger partial charge >= 0.3 is 5.97 Å². The third-order valence-electron chi connectivity index (χ3n) is 3.58. The van der Waals surface area contributed by atoms with Crippen LogP contribution in [0.25, 0.3) is 6.08 Å². The van der Waals surface area contributed by atoms with Gasteiger partial charge in [0.05, 0.1) is 13.7 Å². The van der Waals surface area contributed by atoms with Crippen molar-refractivity contribution < 1.29 is 18.8 Å². The average molecular weight is 263 g/mol. The summed E-state index contributed by atoms with van der Waals surface area (Å²) in [7, 11) is 1.38. The van der Waals surface area contributed by atoms with E-state index in [4.69, 9.17) is 14.0 Å². The van der Waals surface area contributed by atoms with Gasteiger partial charge in [0.2, 0.25) is 0 Å². The summed E-state index contributed by atoms with van der Waals surface area (Å²) in [5.41, 5.74) is 1.23. The fraction of sp³-hybridized carbons (Fsp3) is 0.571. The zero-order chi connectivity index (χ0) is 13.2. The predicted octanol–water partition coefficient (Wildman–Crippen LogP) is 2.39. The van der Waals surface area contributed by atoms with Gasteiger partial charge in [-0.3, -0.25) is 0 Å². The predicted molar refractivity (Wildman–Crippen MR) is 67.8 cm³/mol. The summed E-state index contributed by atoms with van der Waals surface area (Å²) in [6.45, 7) is 1.52. The molecule has 2 fully saturated rings. The molecule has 1 aliphatic heterocycles. The number of hydrogen-bond acceptors (Lipinski definition) is 5. The number of rotatable bonds is 4. The van der Waals surface area contributed by atoms with Crippen LogP contribution in [-0.2, 0) is 9.47 Å². The van der Waals surface area contributed by atoms with E-state index in [1.165, 1.54) is 7.11 Å². The van der Waals surface area contributed by atoms with E-state index in [1.807, 2.05) is 12.2 Å². The molecule has 1 unspecified atom stereocenters. The summed E-state index contributed by atoms with van der Waals surface area (Å²) in [5, 5.41) is 4.03. The Morgan fingerprint density at radius 3 is 2.89 bits per heavy atom. The molecule has 102 valence electrons. The van der Waals surface area contributed by atoms with Crippen molar-refractivity contribution in [3.05, 3.63) is 23.1 Å². The molecule has 5 heteroatoms. The lowest BCUT2D eigenvalue weighted by atomic mass is 10.1. The largest absolute Gasteiger partial charge is 0.465 e. The zero-order valence-electron chi connectivity index (χ0n) is 10.9. The second kappa shape index (κ2) is 5.17. The Morgan fingerprint density at radius 2 is 2.26 bits per heavy atom. The standard InChI is InChI=1S/C14H17NO4/c1-17-14(16)12-11(5-2-9-6-7-18-8-9)19-15-13(12)10-3-4-10/h2,5,9-10H,3-4,6-8H2,1H3/b5-2+. The van der Waals surface area contributed by atoms with Gasteiger partial charge in [-0.2, -0.15) is 0 Å². The summed E-state index contributed by atoms with van der Waals surface area (Å²) in [5.74, 6) is 0.876. The van der Waals surface area contributed by atoms with Crippen LogP contribution in [0, 0.1) is 5.92 Å². The summed E-state index contributed by atoms with van der Waals surface area (Å²) >= 11 is 0. The minimum Gasteiger partial charge on any atom is -0.465 e. The number of carbonyl (C=O) groups excluding carboxylic acids is 1. The first-order valence-corrected chi connectivity index (χ1v) is 6.63. The summed E-state index contributed by atoms with van der Waals surface area (Å²) in [6, 6.07) is 0. The second-order valence-corrected chi connectivity index (χ2v) is 5.06. The lowest BCUT2D eigenvalue weighted by Crippen LogP contribution is -2.05. The van der Waals surface area contributed by atoms with Crippen LogP contribution in [0.1, 0.15) is 47.0 Å². The van der Waals surface area contributed by atoms with Crippen molar-refractivity contribution >= 4 is 12.0 Å². The van der Waals surface area contributed by atoms with Crippen LogP contribution < -0.4 is 0 Å². The molecule has 1 aromatic heterocycles. The van der Waals surface area contributed by atoms with E-state index < -0.39 is 0 Å². The van der Waals surface area contributed by atoms with E-state index in [0.717, 1.165) is 38.2 Å². The molecular weight excluding hydrogens is 246 g/mol. The Hall–Kier alpha value is -1.62. The Bertz CT molecular complexity index is 496. The van der Waals surface area contributed by atoms with Gasteiger partial charge in [-0.15, -0.1) is 0 Å². The highest BCUT2D eigenvalue weighted by atomic mass is 16.5. The average Bonchev–Trinajstić information content (AvgIpc) is 2.99. The van der Waals surface area contributed by atoms with Crippen molar-refractivity contribution in [2.75, 3.05) is 20.3 Å². The summed E-state index contributed by atoms with van der Waals surface area (Å²) < 4.78 is 15.4. The smallest absolute Gasteiger partial charge is 0.343 e. The van der Waals surface area contributed by atoms with Gasteiger partial charge < -0.3 is 14.0 Å². The van der Waals surface area contributed by atoms with E-state index in [9.17, 15) is 4.79 Å². The van der Waals surface area contributed by atoms with Gasteiger partial charge in [0, 0.05) is 18.4 Å². The molecule has 5 nitrogen and oxygen atoms in total. The number of esters is 1. The van der Waals surface area contributed by atoms with Crippen LogP contribution in [0.4, 0.5) is 0 Å². The van der Waals surface area contributed by atoms with Crippen LogP contribution in [0.15, 0.2) is 10.6 Å². The van der Waals surface area contributed by atoms with Gasteiger partial charge in [-0.1, -0.05) is 11.2 Å². The molecule has 2 heterocycles. The molecule has 1 saturated carbocycles. The summed E-state index contributed by atoms with van der Waals surface area (Å²) in [4.78, 5) is 11.9. The summed E-state index contributed by atoms with van der Waals surface area (Å²) in [6.07, 6.45) is 6.99. The second-order valence-electron chi connectivity index (χ2n) is 5.06. The minimum atomic E-state index is -0.370. The highest BCUT2D eigenvalue weighted by Gasteiger charge is 2.34. The number of hydrogen-bond donors (Lipinski definition) is 0. The van der Waals surface area contributed by atoms with Gasteiger partial charge in [0.25, 0.3) is 0 Å². The van der Waals surface area contributed by atoms with Crippen molar-refractivity contribution in [3.8, 4) is 0 Å². The van der Waals surface area contributed by atoms with Crippen molar-refractivity contribution in [2.24, 2.45) is 5.92 Å². The fourth-order valence-corrected chi connectivity index (χ4v) is 2.30. The minimum absolute atomic E-state index is 0.356. The van der Waals surface area contributed by atoms with E-state index in [0.29, 0.717) is 23.2 Å². The first-order valence-electron chi connectivity index (χ1n) is 6.63. The maximum atomic E-state index is 11.9. The molecular formula is C14H17NO4. The lowest BCUT2D eigenvalue weighted by molar-refractivity contribution is 0.0598. The Balaban J connectivity index is 1.85. The van der Waals surface area contributed by atoms with Gasteiger partial charge in [0.15, 0.2) is 5.76 Å². The molecule has 1 aromatic rings. The molecule has 3 rings (SSSR count). The van der Waals surface area contributed by atoms with E-state index in [2.05, 4.69) is 5.16 Å². The Kier molecular flexibility index (Phi) is 3.38. The molecule has 0 bridgehead atoms. The topological polar surface area (TPSA) is 61.6 Å². The molecule has 19 heavy (non-hydrogen) atoms. The molecule has 0 amide bonds. The van der Waals surface area contributed by atoms with E-state index >= 15 is 0 Å². The van der Waals surface area contributed by atoms with Gasteiger partial charge in [-0.05, 0) is 25.3 Å². The molecule has 0 radical (unpaired) electrons. The van der Waals surface area contributed by atoms with Crippen molar-refractivity contribution in [1.82, 2.24) is 5.16 Å². The molecule has 1 saturated heterocycles. The van der Waals surface area contributed by atoms with Crippen LogP contribution in [0.2, 0.25) is 0 Å². The highest BCUT2D eigenvalue weighted by molar-refractivity contribution is 5.94. The van der Waals surface area contributed by atoms with Crippen LogP contribution in [0.5, 0.6) is 0 Å². The maximum absolute atomic E-state index is 11.9. The Morgan fingerprint density at radius 1 is 1.42 bits per heavy atom. The van der Waals surface area contributed by atoms with Gasteiger partial charge in [0.1, 0.15) is 11.3 Å². The molecule has 1 aliphatic carbocycles. The quantitative estimate of drug-likeness (QED) is 0.780. The van der Waals surface area contributed by atoms with Crippen molar-refractivity contribution in [3.63, 3.8) is 0 Å².